The summed E-state index contributed by atoms with van der Waals surface area (Å²) in [7, 11) is 0. The Kier molecular flexibility index (Phi) is 3.60. The van der Waals surface area contributed by atoms with Gasteiger partial charge < -0.3 is 4.42 Å². The van der Waals surface area contributed by atoms with E-state index in [1.807, 2.05) is 43.3 Å². The molecular weight excluding hydrogens is 389 g/mol. The van der Waals surface area contributed by atoms with Crippen LogP contribution in [0.4, 0.5) is 0 Å². The number of halogens is 2. The zero-order valence-electron chi connectivity index (χ0n) is 10.7. The molecule has 0 N–H and O–H groups in total. The van der Waals surface area contributed by atoms with E-state index in [2.05, 4.69) is 22.6 Å². The topological polar surface area (TPSA) is 35.1 Å². The van der Waals surface area contributed by atoms with Crippen LogP contribution in [-0.2, 0) is 6.54 Å². The molecule has 20 heavy (non-hydrogen) atoms. The van der Waals surface area contributed by atoms with Gasteiger partial charge in [-0.3, -0.25) is 4.57 Å². The van der Waals surface area contributed by atoms with Crippen LogP contribution < -0.4 is 5.76 Å². The van der Waals surface area contributed by atoms with E-state index in [0.29, 0.717) is 17.2 Å². The molecule has 1 aromatic heterocycles. The van der Waals surface area contributed by atoms with Gasteiger partial charge in [0, 0.05) is 8.59 Å². The van der Waals surface area contributed by atoms with Gasteiger partial charge in [-0.15, -0.1) is 0 Å². The second-order valence-corrected chi connectivity index (χ2v) is 6.31. The van der Waals surface area contributed by atoms with Crippen molar-refractivity contribution in [3.05, 3.63) is 66.7 Å². The van der Waals surface area contributed by atoms with Gasteiger partial charge in [-0.1, -0.05) is 23.7 Å². The molecule has 0 aliphatic carbocycles. The van der Waals surface area contributed by atoms with Crippen LogP contribution in [0, 0.1) is 10.5 Å². The average Bonchev–Trinajstić information content (AvgIpc) is 2.68. The van der Waals surface area contributed by atoms with Gasteiger partial charge >= 0.3 is 5.76 Å². The number of fused-ring (bicyclic) bond motifs is 1. The van der Waals surface area contributed by atoms with Crippen molar-refractivity contribution in [1.82, 2.24) is 4.57 Å². The third-order valence-corrected chi connectivity index (χ3v) is 4.19. The van der Waals surface area contributed by atoms with E-state index >= 15 is 0 Å². The van der Waals surface area contributed by atoms with Crippen LogP contribution in [0.15, 0.2) is 45.6 Å². The second-order valence-electron chi connectivity index (χ2n) is 4.66. The lowest BCUT2D eigenvalue weighted by Gasteiger charge is -2.06. The standard InChI is InChI=1S/C15H11ClINO2/c1-9-2-3-10(12(16)6-9)8-18-13-5-4-11(17)7-14(13)20-15(18)19/h2-7H,8H2,1H3. The summed E-state index contributed by atoms with van der Waals surface area (Å²) in [6.07, 6.45) is 0. The zero-order valence-corrected chi connectivity index (χ0v) is 13.6. The molecule has 0 spiro atoms. The molecule has 102 valence electrons. The lowest BCUT2D eigenvalue weighted by atomic mass is 10.1. The Labute approximate surface area is 134 Å². The van der Waals surface area contributed by atoms with Crippen molar-refractivity contribution >= 4 is 45.3 Å². The molecule has 0 radical (unpaired) electrons. The highest BCUT2D eigenvalue weighted by atomic mass is 127. The first kappa shape index (κ1) is 13.7. The van der Waals surface area contributed by atoms with Crippen LogP contribution in [-0.4, -0.2) is 4.57 Å². The van der Waals surface area contributed by atoms with Gasteiger partial charge in [-0.2, -0.15) is 0 Å². The Morgan fingerprint density at radius 1 is 1.25 bits per heavy atom. The number of oxazole rings is 1. The Hall–Kier alpha value is -1.27. The number of hydrogen-bond donors (Lipinski definition) is 0. The highest BCUT2D eigenvalue weighted by Gasteiger charge is 2.11. The average molecular weight is 400 g/mol. The lowest BCUT2D eigenvalue weighted by Crippen LogP contribution is -2.15. The lowest BCUT2D eigenvalue weighted by molar-refractivity contribution is 0.517. The fraction of sp³-hybridized carbons (Fsp3) is 0.133. The number of benzene rings is 2. The molecule has 0 amide bonds. The van der Waals surface area contributed by atoms with Gasteiger partial charge in [0.05, 0.1) is 12.1 Å². The molecule has 0 aliphatic rings. The van der Waals surface area contributed by atoms with Crippen LogP contribution in [0.2, 0.25) is 5.02 Å². The molecular formula is C15H11ClINO2. The molecule has 0 bridgehead atoms. The van der Waals surface area contributed by atoms with Crippen molar-refractivity contribution in [1.29, 1.82) is 0 Å². The van der Waals surface area contributed by atoms with E-state index in [-0.39, 0.29) is 5.76 Å². The Balaban J connectivity index is 2.11. The third-order valence-electron chi connectivity index (χ3n) is 3.17. The highest BCUT2D eigenvalue weighted by Crippen LogP contribution is 2.21. The molecule has 5 heteroatoms. The summed E-state index contributed by atoms with van der Waals surface area (Å²) in [5.41, 5.74) is 3.38. The van der Waals surface area contributed by atoms with E-state index in [4.69, 9.17) is 16.0 Å². The molecule has 2 aromatic carbocycles. The largest absolute Gasteiger partial charge is 0.420 e. The van der Waals surface area contributed by atoms with Crippen molar-refractivity contribution in [2.75, 3.05) is 0 Å². The minimum absolute atomic E-state index is 0.362. The summed E-state index contributed by atoms with van der Waals surface area (Å²) in [5, 5.41) is 0.664. The first-order valence-corrected chi connectivity index (χ1v) is 7.54. The van der Waals surface area contributed by atoms with E-state index < -0.39 is 0 Å². The van der Waals surface area contributed by atoms with Gasteiger partial charge in [0.25, 0.3) is 0 Å². The molecule has 0 saturated heterocycles. The van der Waals surface area contributed by atoms with Crippen molar-refractivity contribution < 1.29 is 4.42 Å². The van der Waals surface area contributed by atoms with Crippen molar-refractivity contribution in [2.24, 2.45) is 0 Å². The fourth-order valence-electron chi connectivity index (χ4n) is 2.14. The monoisotopic (exact) mass is 399 g/mol. The van der Waals surface area contributed by atoms with Crippen LogP contribution in [0.25, 0.3) is 11.1 Å². The summed E-state index contributed by atoms with van der Waals surface area (Å²) in [4.78, 5) is 12.0. The molecule has 0 saturated carbocycles. The normalized spacial score (nSPS) is 11.2. The van der Waals surface area contributed by atoms with Crippen LogP contribution in [0.5, 0.6) is 0 Å². The Morgan fingerprint density at radius 3 is 2.80 bits per heavy atom. The first-order valence-electron chi connectivity index (χ1n) is 6.08. The Bertz CT molecular complexity index is 851. The highest BCUT2D eigenvalue weighted by molar-refractivity contribution is 14.1. The maximum absolute atomic E-state index is 12.0. The number of aryl methyl sites for hydroxylation is 1. The number of aromatic nitrogens is 1. The molecule has 3 nitrogen and oxygen atoms in total. The number of hydrogen-bond acceptors (Lipinski definition) is 2. The van der Waals surface area contributed by atoms with Gasteiger partial charge in [-0.25, -0.2) is 4.79 Å². The van der Waals surface area contributed by atoms with E-state index in [9.17, 15) is 4.79 Å². The quantitative estimate of drug-likeness (QED) is 0.605. The Morgan fingerprint density at radius 2 is 2.05 bits per heavy atom. The van der Waals surface area contributed by atoms with Crippen molar-refractivity contribution in [3.63, 3.8) is 0 Å². The fourth-order valence-corrected chi connectivity index (χ4v) is 2.90. The SMILES string of the molecule is Cc1ccc(Cn2c(=O)oc3cc(I)ccc32)c(Cl)c1. The smallest absolute Gasteiger partial charge is 0.408 e. The predicted molar refractivity (Wildman–Crippen MR) is 88.5 cm³/mol. The minimum atomic E-state index is -0.362. The van der Waals surface area contributed by atoms with Crippen molar-refractivity contribution in [3.8, 4) is 0 Å². The summed E-state index contributed by atoms with van der Waals surface area (Å²) in [5.74, 6) is -0.362. The van der Waals surface area contributed by atoms with Gasteiger partial charge in [0.1, 0.15) is 0 Å². The van der Waals surface area contributed by atoms with E-state index in [0.717, 1.165) is 20.2 Å². The number of nitrogens with zero attached hydrogens (tertiary/aromatic N) is 1. The van der Waals surface area contributed by atoms with Crippen LogP contribution >= 0.6 is 34.2 Å². The maximum Gasteiger partial charge on any atom is 0.420 e. The molecule has 1 heterocycles. The first-order chi connectivity index (χ1) is 9.54. The zero-order chi connectivity index (χ0) is 14.3. The van der Waals surface area contributed by atoms with Crippen LogP contribution in [0.3, 0.4) is 0 Å². The van der Waals surface area contributed by atoms with Gasteiger partial charge in [0.15, 0.2) is 5.58 Å². The summed E-state index contributed by atoms with van der Waals surface area (Å²) in [6, 6.07) is 11.5. The molecule has 0 atom stereocenters. The number of rotatable bonds is 2. The van der Waals surface area contributed by atoms with Crippen LogP contribution in [0.1, 0.15) is 11.1 Å². The summed E-state index contributed by atoms with van der Waals surface area (Å²) >= 11 is 8.42. The summed E-state index contributed by atoms with van der Waals surface area (Å²) in [6.45, 7) is 2.39. The molecule has 3 aromatic rings. The van der Waals surface area contributed by atoms with E-state index in [1.165, 1.54) is 0 Å². The van der Waals surface area contributed by atoms with Crippen molar-refractivity contribution in [2.45, 2.75) is 13.5 Å². The van der Waals surface area contributed by atoms with Gasteiger partial charge in [0.2, 0.25) is 0 Å². The molecule has 0 unspecified atom stereocenters. The minimum Gasteiger partial charge on any atom is -0.408 e. The van der Waals surface area contributed by atoms with Gasteiger partial charge in [-0.05, 0) is 64.9 Å². The predicted octanol–water partition coefficient (Wildman–Crippen LogP) is 4.21. The maximum atomic E-state index is 12.0. The molecule has 3 rings (SSSR count). The summed E-state index contributed by atoms with van der Waals surface area (Å²) < 4.78 is 7.91. The second kappa shape index (κ2) is 5.26. The molecule has 0 fully saturated rings. The van der Waals surface area contributed by atoms with E-state index in [1.54, 1.807) is 4.57 Å². The molecule has 0 aliphatic heterocycles. The third kappa shape index (κ3) is 2.50.